The van der Waals surface area contributed by atoms with Crippen molar-refractivity contribution in [3.05, 3.63) is 45.4 Å². The number of nitrogens with one attached hydrogen (secondary N) is 1. The number of aryl methyl sites for hydroxylation is 1. The number of hydrogen-bond acceptors (Lipinski definition) is 4. The van der Waals surface area contributed by atoms with Gasteiger partial charge in [0.05, 0.1) is 6.04 Å². The third-order valence-corrected chi connectivity index (χ3v) is 3.74. The minimum absolute atomic E-state index is 0.102. The molecule has 1 aromatic carbocycles. The van der Waals surface area contributed by atoms with E-state index < -0.39 is 0 Å². The topological polar surface area (TPSA) is 68.8 Å². The van der Waals surface area contributed by atoms with Gasteiger partial charge >= 0.3 is 0 Å². The molecule has 0 aliphatic carbocycles. The second kappa shape index (κ2) is 6.47. The van der Waals surface area contributed by atoms with Gasteiger partial charge in [0.25, 0.3) is 0 Å². The van der Waals surface area contributed by atoms with E-state index in [4.69, 9.17) is 17.4 Å². The molecule has 1 heterocycles. The zero-order valence-electron chi connectivity index (χ0n) is 10.5. The van der Waals surface area contributed by atoms with Crippen LogP contribution >= 0.6 is 27.5 Å². The largest absolute Gasteiger partial charge is 0.271 e. The molecule has 2 rings (SSSR count). The van der Waals surface area contributed by atoms with Gasteiger partial charge in [-0.15, -0.1) is 0 Å². The standard InChI is InChI=1S/C12H15BrClN5/c1-2-19-12(16-7-17-19)6-11(18-15)9-4-3-8(13)5-10(9)14/h3-5,7,11,18H,2,6,15H2,1H3. The van der Waals surface area contributed by atoms with Gasteiger partial charge in [-0.1, -0.05) is 33.6 Å². The molecule has 1 unspecified atom stereocenters. The van der Waals surface area contributed by atoms with Crippen molar-refractivity contribution in [1.29, 1.82) is 0 Å². The molecule has 0 amide bonds. The molecule has 0 aliphatic rings. The smallest absolute Gasteiger partial charge is 0.138 e. The number of aromatic nitrogens is 3. The van der Waals surface area contributed by atoms with E-state index in [2.05, 4.69) is 31.4 Å². The van der Waals surface area contributed by atoms with Crippen LogP contribution in [0.1, 0.15) is 24.4 Å². The molecular formula is C12H15BrClN5. The summed E-state index contributed by atoms with van der Waals surface area (Å²) in [6.45, 7) is 2.80. The number of benzene rings is 1. The van der Waals surface area contributed by atoms with Gasteiger partial charge in [0.1, 0.15) is 12.2 Å². The Hall–Kier alpha value is -0.950. The molecule has 0 aliphatic heterocycles. The molecule has 1 aromatic heterocycles. The van der Waals surface area contributed by atoms with E-state index in [0.717, 1.165) is 22.4 Å². The minimum atomic E-state index is -0.102. The maximum absolute atomic E-state index is 6.25. The van der Waals surface area contributed by atoms with Crippen molar-refractivity contribution in [2.24, 2.45) is 5.84 Å². The monoisotopic (exact) mass is 343 g/mol. The van der Waals surface area contributed by atoms with Gasteiger partial charge in [-0.3, -0.25) is 16.0 Å². The van der Waals surface area contributed by atoms with E-state index in [1.165, 1.54) is 0 Å². The van der Waals surface area contributed by atoms with Crippen molar-refractivity contribution in [3.8, 4) is 0 Å². The molecule has 3 N–H and O–H groups in total. The SMILES string of the molecule is CCn1ncnc1CC(NN)c1ccc(Br)cc1Cl. The molecule has 7 heteroatoms. The van der Waals surface area contributed by atoms with Crippen LogP contribution in [0.2, 0.25) is 5.02 Å². The summed E-state index contributed by atoms with van der Waals surface area (Å²) in [5, 5.41) is 4.82. The molecule has 0 fully saturated rings. The fourth-order valence-corrected chi connectivity index (χ4v) is 2.74. The molecular weight excluding hydrogens is 330 g/mol. The number of hydrogen-bond donors (Lipinski definition) is 2. The van der Waals surface area contributed by atoms with Crippen molar-refractivity contribution < 1.29 is 0 Å². The lowest BCUT2D eigenvalue weighted by Gasteiger charge is -2.17. The Kier molecular flexibility index (Phi) is 4.93. The van der Waals surface area contributed by atoms with Crippen LogP contribution in [0.25, 0.3) is 0 Å². The normalized spacial score (nSPS) is 12.6. The predicted octanol–water partition coefficient (Wildman–Crippen LogP) is 2.46. The molecule has 102 valence electrons. The summed E-state index contributed by atoms with van der Waals surface area (Å²) < 4.78 is 2.78. The van der Waals surface area contributed by atoms with Crippen LogP contribution in [-0.2, 0) is 13.0 Å². The van der Waals surface area contributed by atoms with E-state index in [1.807, 2.05) is 29.8 Å². The summed E-state index contributed by atoms with van der Waals surface area (Å²) in [6.07, 6.45) is 2.18. The van der Waals surface area contributed by atoms with E-state index in [9.17, 15) is 0 Å². The zero-order valence-corrected chi connectivity index (χ0v) is 12.8. The summed E-state index contributed by atoms with van der Waals surface area (Å²) in [5.41, 5.74) is 3.73. The number of nitrogens with zero attached hydrogens (tertiary/aromatic N) is 3. The number of hydrazine groups is 1. The van der Waals surface area contributed by atoms with Gasteiger partial charge in [-0.05, 0) is 24.6 Å². The van der Waals surface area contributed by atoms with Crippen LogP contribution in [0, 0.1) is 0 Å². The minimum Gasteiger partial charge on any atom is -0.271 e. The maximum Gasteiger partial charge on any atom is 0.138 e. The first-order chi connectivity index (χ1) is 9.15. The highest BCUT2D eigenvalue weighted by Gasteiger charge is 2.17. The Morgan fingerprint density at radius 1 is 1.53 bits per heavy atom. The Bertz CT molecular complexity index is 557. The van der Waals surface area contributed by atoms with Gasteiger partial charge in [0.15, 0.2) is 0 Å². The van der Waals surface area contributed by atoms with Crippen LogP contribution in [0.4, 0.5) is 0 Å². The number of halogens is 2. The number of nitrogens with two attached hydrogens (primary N) is 1. The summed E-state index contributed by atoms with van der Waals surface area (Å²) in [4.78, 5) is 4.25. The second-order valence-corrected chi connectivity index (χ2v) is 5.40. The van der Waals surface area contributed by atoms with Gasteiger partial charge < -0.3 is 0 Å². The highest BCUT2D eigenvalue weighted by molar-refractivity contribution is 9.10. The van der Waals surface area contributed by atoms with Crippen molar-refractivity contribution in [2.75, 3.05) is 0 Å². The Labute approximate surface area is 125 Å². The summed E-state index contributed by atoms with van der Waals surface area (Å²) in [6, 6.07) is 5.64. The molecule has 0 spiro atoms. The van der Waals surface area contributed by atoms with Crippen molar-refractivity contribution in [2.45, 2.75) is 25.9 Å². The van der Waals surface area contributed by atoms with Crippen LogP contribution in [0.15, 0.2) is 29.0 Å². The third-order valence-electron chi connectivity index (χ3n) is 2.92. The Balaban J connectivity index is 2.25. The fourth-order valence-electron chi connectivity index (χ4n) is 1.94. The molecule has 0 saturated carbocycles. The van der Waals surface area contributed by atoms with Gasteiger partial charge in [-0.25, -0.2) is 4.98 Å². The van der Waals surface area contributed by atoms with Crippen LogP contribution in [0.5, 0.6) is 0 Å². The molecule has 5 nitrogen and oxygen atoms in total. The molecule has 0 radical (unpaired) electrons. The fraction of sp³-hybridized carbons (Fsp3) is 0.333. The lowest BCUT2D eigenvalue weighted by atomic mass is 10.0. The molecule has 1 atom stereocenters. The summed E-state index contributed by atoms with van der Waals surface area (Å²) in [7, 11) is 0. The highest BCUT2D eigenvalue weighted by Crippen LogP contribution is 2.27. The van der Waals surface area contributed by atoms with E-state index in [1.54, 1.807) is 6.33 Å². The van der Waals surface area contributed by atoms with Crippen molar-refractivity contribution in [3.63, 3.8) is 0 Å². The van der Waals surface area contributed by atoms with Crippen LogP contribution in [-0.4, -0.2) is 14.8 Å². The Morgan fingerprint density at radius 3 is 2.95 bits per heavy atom. The van der Waals surface area contributed by atoms with Gasteiger partial charge in [0.2, 0.25) is 0 Å². The predicted molar refractivity (Wildman–Crippen MR) is 78.6 cm³/mol. The van der Waals surface area contributed by atoms with E-state index >= 15 is 0 Å². The third kappa shape index (κ3) is 3.33. The van der Waals surface area contributed by atoms with Crippen molar-refractivity contribution in [1.82, 2.24) is 20.2 Å². The average Bonchev–Trinajstić information content (AvgIpc) is 2.84. The number of rotatable bonds is 5. The molecule has 19 heavy (non-hydrogen) atoms. The van der Waals surface area contributed by atoms with Crippen LogP contribution < -0.4 is 11.3 Å². The molecule has 0 saturated heterocycles. The van der Waals surface area contributed by atoms with Gasteiger partial charge in [-0.2, -0.15) is 5.10 Å². The lowest BCUT2D eigenvalue weighted by Crippen LogP contribution is -2.30. The van der Waals surface area contributed by atoms with E-state index in [0.29, 0.717) is 11.4 Å². The Morgan fingerprint density at radius 2 is 2.32 bits per heavy atom. The van der Waals surface area contributed by atoms with Crippen LogP contribution in [0.3, 0.4) is 0 Å². The molecule has 2 aromatic rings. The average molecular weight is 345 g/mol. The first-order valence-electron chi connectivity index (χ1n) is 5.93. The quantitative estimate of drug-likeness (QED) is 0.646. The van der Waals surface area contributed by atoms with Gasteiger partial charge in [0, 0.05) is 22.5 Å². The zero-order chi connectivity index (χ0) is 13.8. The lowest BCUT2D eigenvalue weighted by molar-refractivity contribution is 0.510. The summed E-state index contributed by atoms with van der Waals surface area (Å²) in [5.74, 6) is 6.52. The van der Waals surface area contributed by atoms with Crippen molar-refractivity contribution >= 4 is 27.5 Å². The molecule has 0 bridgehead atoms. The first kappa shape index (κ1) is 14.5. The summed E-state index contributed by atoms with van der Waals surface area (Å²) >= 11 is 9.64. The maximum atomic E-state index is 6.25. The van der Waals surface area contributed by atoms with E-state index in [-0.39, 0.29) is 6.04 Å². The second-order valence-electron chi connectivity index (χ2n) is 4.08. The highest BCUT2D eigenvalue weighted by atomic mass is 79.9. The first-order valence-corrected chi connectivity index (χ1v) is 7.10.